The van der Waals surface area contributed by atoms with Gasteiger partial charge in [-0.15, -0.1) is 0 Å². The van der Waals surface area contributed by atoms with E-state index in [2.05, 4.69) is 10.1 Å². The van der Waals surface area contributed by atoms with Crippen LogP contribution in [0.2, 0.25) is 0 Å². The molecule has 1 fully saturated rings. The topological polar surface area (TPSA) is 73.0 Å². The van der Waals surface area contributed by atoms with Gasteiger partial charge in [0, 0.05) is 38.4 Å². The Kier molecular flexibility index (Phi) is 4.81. The standard InChI is InChI=1S/C21H23N5O2/c1-15-10-11-22-13-18(15)20(27)25-12-6-7-16(14-25)19-23-24(2)21(28)26(19)17-8-4-3-5-9-17/h3-5,8-11,13,16H,6-7,12,14H2,1-2H3/t16-/m1/s1. The summed E-state index contributed by atoms with van der Waals surface area (Å²) in [5.74, 6) is 0.697. The first-order valence-corrected chi connectivity index (χ1v) is 9.47. The van der Waals surface area contributed by atoms with Gasteiger partial charge in [0.2, 0.25) is 0 Å². The first-order valence-electron chi connectivity index (χ1n) is 9.47. The third kappa shape index (κ3) is 3.24. The fraction of sp³-hybridized carbons (Fsp3) is 0.333. The maximum absolute atomic E-state index is 13.0. The number of piperidine rings is 1. The number of benzene rings is 1. The van der Waals surface area contributed by atoms with E-state index in [1.165, 1.54) is 4.68 Å². The maximum atomic E-state index is 13.0. The average Bonchev–Trinajstić information content (AvgIpc) is 3.03. The lowest BCUT2D eigenvalue weighted by Gasteiger charge is -2.32. The molecule has 4 rings (SSSR count). The zero-order valence-electron chi connectivity index (χ0n) is 16.1. The van der Waals surface area contributed by atoms with Gasteiger partial charge in [0.1, 0.15) is 5.82 Å². The fourth-order valence-electron chi connectivity index (χ4n) is 3.80. The van der Waals surface area contributed by atoms with E-state index in [9.17, 15) is 9.59 Å². The lowest BCUT2D eigenvalue weighted by molar-refractivity contribution is 0.0702. The van der Waals surface area contributed by atoms with Crippen LogP contribution >= 0.6 is 0 Å². The van der Waals surface area contributed by atoms with E-state index in [4.69, 9.17) is 0 Å². The number of aromatic nitrogens is 4. The molecule has 0 N–H and O–H groups in total. The Balaban J connectivity index is 1.66. The first-order chi connectivity index (χ1) is 13.6. The highest BCUT2D eigenvalue weighted by Crippen LogP contribution is 2.27. The number of likely N-dealkylation sites (tertiary alicyclic amines) is 1. The SMILES string of the molecule is Cc1ccncc1C(=O)N1CCC[C@@H](c2nn(C)c(=O)n2-c2ccccc2)C1. The molecule has 0 saturated carbocycles. The molecule has 7 heteroatoms. The number of rotatable bonds is 3. The molecule has 1 atom stereocenters. The molecule has 7 nitrogen and oxygen atoms in total. The minimum Gasteiger partial charge on any atom is -0.338 e. The molecule has 144 valence electrons. The fourth-order valence-corrected chi connectivity index (χ4v) is 3.80. The summed E-state index contributed by atoms with van der Waals surface area (Å²) in [6.07, 6.45) is 5.08. The first kappa shape index (κ1) is 18.2. The van der Waals surface area contributed by atoms with Crippen LogP contribution in [-0.4, -0.2) is 43.2 Å². The minimum absolute atomic E-state index is 0.00350. The van der Waals surface area contributed by atoms with Gasteiger partial charge in [-0.2, -0.15) is 5.10 Å². The van der Waals surface area contributed by atoms with Crippen molar-refractivity contribution in [2.24, 2.45) is 7.05 Å². The van der Waals surface area contributed by atoms with E-state index in [1.807, 2.05) is 48.2 Å². The normalized spacial score (nSPS) is 16.9. The quantitative estimate of drug-likeness (QED) is 0.702. The van der Waals surface area contributed by atoms with Gasteiger partial charge in [-0.1, -0.05) is 18.2 Å². The van der Waals surface area contributed by atoms with Crippen LogP contribution in [0, 0.1) is 6.92 Å². The van der Waals surface area contributed by atoms with Crippen LogP contribution in [-0.2, 0) is 7.05 Å². The maximum Gasteiger partial charge on any atom is 0.350 e. The Hall–Kier alpha value is -3.22. The summed E-state index contributed by atoms with van der Waals surface area (Å²) in [6.45, 7) is 3.16. The Bertz CT molecular complexity index is 1050. The van der Waals surface area contributed by atoms with Crippen LogP contribution in [0.4, 0.5) is 0 Å². The summed E-state index contributed by atoms with van der Waals surface area (Å²) in [5, 5.41) is 4.51. The van der Waals surface area contributed by atoms with Crippen LogP contribution in [0.1, 0.15) is 40.5 Å². The number of para-hydroxylation sites is 1. The molecule has 0 radical (unpaired) electrons. The minimum atomic E-state index is -0.173. The van der Waals surface area contributed by atoms with Gasteiger partial charge in [0.25, 0.3) is 5.91 Å². The number of hydrogen-bond donors (Lipinski definition) is 0. The van der Waals surface area contributed by atoms with Crippen LogP contribution < -0.4 is 5.69 Å². The molecule has 1 saturated heterocycles. The smallest absolute Gasteiger partial charge is 0.338 e. The number of pyridine rings is 1. The van der Waals surface area contributed by atoms with Crippen molar-refractivity contribution in [2.45, 2.75) is 25.7 Å². The van der Waals surface area contributed by atoms with Gasteiger partial charge in [-0.05, 0) is 43.5 Å². The number of carbonyl (C=O) groups excluding carboxylic acids is 1. The van der Waals surface area contributed by atoms with E-state index < -0.39 is 0 Å². The van der Waals surface area contributed by atoms with Gasteiger partial charge < -0.3 is 4.90 Å². The monoisotopic (exact) mass is 377 g/mol. The van der Waals surface area contributed by atoms with Crippen LogP contribution in [0.5, 0.6) is 0 Å². The zero-order chi connectivity index (χ0) is 19.7. The van der Waals surface area contributed by atoms with Gasteiger partial charge >= 0.3 is 5.69 Å². The van der Waals surface area contributed by atoms with Crippen LogP contribution in [0.15, 0.2) is 53.6 Å². The number of aryl methyl sites for hydroxylation is 2. The summed E-state index contributed by atoms with van der Waals surface area (Å²) < 4.78 is 3.03. The zero-order valence-corrected chi connectivity index (χ0v) is 16.1. The Labute approximate surface area is 163 Å². The third-order valence-electron chi connectivity index (χ3n) is 5.31. The molecule has 0 unspecified atom stereocenters. The van der Waals surface area contributed by atoms with Crippen LogP contribution in [0.25, 0.3) is 5.69 Å². The molecule has 0 aliphatic carbocycles. The molecule has 1 aliphatic heterocycles. The van der Waals surface area contributed by atoms with Crippen molar-refractivity contribution in [3.05, 3.63) is 76.2 Å². The van der Waals surface area contributed by atoms with Crippen molar-refractivity contribution in [2.75, 3.05) is 13.1 Å². The predicted molar refractivity (Wildman–Crippen MR) is 106 cm³/mol. The predicted octanol–water partition coefficient (Wildman–Crippen LogP) is 2.29. The summed E-state index contributed by atoms with van der Waals surface area (Å²) >= 11 is 0. The Morgan fingerprint density at radius 2 is 1.96 bits per heavy atom. The Morgan fingerprint density at radius 3 is 2.71 bits per heavy atom. The molecule has 3 heterocycles. The van der Waals surface area contributed by atoms with Gasteiger partial charge in [-0.3, -0.25) is 9.78 Å². The molecule has 2 aromatic heterocycles. The second-order valence-electron chi connectivity index (χ2n) is 7.22. The third-order valence-corrected chi connectivity index (χ3v) is 5.31. The van der Waals surface area contributed by atoms with Crippen molar-refractivity contribution in [1.29, 1.82) is 0 Å². The second kappa shape index (κ2) is 7.42. The lowest BCUT2D eigenvalue weighted by Crippen LogP contribution is -2.40. The van der Waals surface area contributed by atoms with Gasteiger partial charge in [-0.25, -0.2) is 14.0 Å². The van der Waals surface area contributed by atoms with Crippen molar-refractivity contribution < 1.29 is 4.79 Å². The molecule has 0 bridgehead atoms. The van der Waals surface area contributed by atoms with Gasteiger partial charge in [0.15, 0.2) is 0 Å². The van der Waals surface area contributed by atoms with E-state index in [0.717, 1.165) is 24.1 Å². The molecular weight excluding hydrogens is 354 g/mol. The molecule has 1 amide bonds. The summed E-state index contributed by atoms with van der Waals surface area (Å²) in [5.41, 5.74) is 2.17. The summed E-state index contributed by atoms with van der Waals surface area (Å²) in [4.78, 5) is 31.7. The van der Waals surface area contributed by atoms with Crippen LogP contribution in [0.3, 0.4) is 0 Å². The van der Waals surface area contributed by atoms with E-state index in [0.29, 0.717) is 24.5 Å². The number of amides is 1. The average molecular weight is 377 g/mol. The highest BCUT2D eigenvalue weighted by molar-refractivity contribution is 5.95. The molecule has 1 aliphatic rings. The number of nitrogens with zero attached hydrogens (tertiary/aromatic N) is 5. The molecule has 1 aromatic carbocycles. The lowest BCUT2D eigenvalue weighted by atomic mass is 9.96. The molecule has 0 spiro atoms. The second-order valence-corrected chi connectivity index (χ2v) is 7.22. The van der Waals surface area contributed by atoms with Gasteiger partial charge in [0.05, 0.1) is 11.3 Å². The highest BCUT2D eigenvalue weighted by atomic mass is 16.2. The van der Waals surface area contributed by atoms with E-state index >= 15 is 0 Å². The van der Waals surface area contributed by atoms with Crippen molar-refractivity contribution in [3.63, 3.8) is 0 Å². The molecule has 3 aromatic rings. The molecule has 28 heavy (non-hydrogen) atoms. The number of carbonyl (C=O) groups is 1. The van der Waals surface area contributed by atoms with E-state index in [-0.39, 0.29) is 17.5 Å². The highest BCUT2D eigenvalue weighted by Gasteiger charge is 2.30. The largest absolute Gasteiger partial charge is 0.350 e. The Morgan fingerprint density at radius 1 is 1.18 bits per heavy atom. The van der Waals surface area contributed by atoms with Crippen molar-refractivity contribution >= 4 is 5.91 Å². The summed E-state index contributed by atoms with van der Waals surface area (Å²) in [6, 6.07) is 11.4. The number of hydrogen-bond acceptors (Lipinski definition) is 4. The molecular formula is C21H23N5O2. The van der Waals surface area contributed by atoms with Crippen molar-refractivity contribution in [3.8, 4) is 5.69 Å². The summed E-state index contributed by atoms with van der Waals surface area (Å²) in [7, 11) is 1.66. The van der Waals surface area contributed by atoms with Crippen molar-refractivity contribution in [1.82, 2.24) is 24.2 Å². The van der Waals surface area contributed by atoms with E-state index in [1.54, 1.807) is 24.0 Å².